The first kappa shape index (κ1) is 19.6. The molecule has 0 fully saturated rings. The van der Waals surface area contributed by atoms with Gasteiger partial charge in [0.25, 0.3) is 0 Å². The summed E-state index contributed by atoms with van der Waals surface area (Å²) in [5.74, 6) is 2.77. The fourth-order valence-electron chi connectivity index (χ4n) is 2.90. The zero-order chi connectivity index (χ0) is 19.9. The number of benzene rings is 2. The lowest BCUT2D eigenvalue weighted by Crippen LogP contribution is -2.27. The highest BCUT2D eigenvalue weighted by molar-refractivity contribution is 5.91. The zero-order valence-corrected chi connectivity index (χ0v) is 16.4. The largest absolute Gasteiger partial charge is 0.493 e. The molecule has 0 bridgehead atoms. The minimum Gasteiger partial charge on any atom is -0.493 e. The van der Waals surface area contributed by atoms with Gasteiger partial charge in [0.2, 0.25) is 5.91 Å². The van der Waals surface area contributed by atoms with Crippen molar-refractivity contribution in [1.29, 1.82) is 0 Å². The summed E-state index contributed by atoms with van der Waals surface area (Å²) in [5.41, 5.74) is 1.97. The lowest BCUT2D eigenvalue weighted by atomic mass is 10.1. The number of ether oxygens (including phenoxy) is 4. The maximum atomic E-state index is 12.4. The van der Waals surface area contributed by atoms with Gasteiger partial charge >= 0.3 is 0 Å². The Hall–Kier alpha value is -3.15. The van der Waals surface area contributed by atoms with E-state index < -0.39 is 0 Å². The fraction of sp³-hybridized carbons (Fsp3) is 0.318. The summed E-state index contributed by atoms with van der Waals surface area (Å²) in [4.78, 5) is 14.1. The lowest BCUT2D eigenvalue weighted by molar-refractivity contribution is -0.124. The van der Waals surface area contributed by atoms with Gasteiger partial charge < -0.3 is 23.8 Å². The van der Waals surface area contributed by atoms with Crippen LogP contribution in [0.25, 0.3) is 6.08 Å². The van der Waals surface area contributed by atoms with E-state index in [1.807, 2.05) is 36.4 Å². The number of carbonyl (C=O) groups excluding carboxylic acids is 1. The normalized spacial score (nSPS) is 12.7. The van der Waals surface area contributed by atoms with E-state index in [2.05, 4.69) is 0 Å². The van der Waals surface area contributed by atoms with Crippen LogP contribution < -0.4 is 18.9 Å². The van der Waals surface area contributed by atoms with Crippen LogP contribution in [0.3, 0.4) is 0 Å². The molecule has 2 aromatic rings. The summed E-state index contributed by atoms with van der Waals surface area (Å²) in [7, 11) is 5.01. The molecule has 0 radical (unpaired) electrons. The van der Waals surface area contributed by atoms with Crippen molar-refractivity contribution in [1.82, 2.24) is 4.90 Å². The number of likely N-dealkylation sites (N-methyl/N-ethyl adjacent to an activating group) is 1. The third kappa shape index (κ3) is 4.76. The molecule has 0 unspecified atom stereocenters. The average Bonchev–Trinajstić information content (AvgIpc) is 2.75. The molecule has 0 N–H and O–H groups in total. The molecule has 3 rings (SSSR count). The van der Waals surface area contributed by atoms with Crippen LogP contribution in [-0.4, -0.2) is 51.8 Å². The van der Waals surface area contributed by atoms with Crippen molar-refractivity contribution >= 4 is 12.0 Å². The van der Waals surface area contributed by atoms with Crippen molar-refractivity contribution in [2.24, 2.45) is 0 Å². The van der Waals surface area contributed by atoms with Gasteiger partial charge in [0.15, 0.2) is 23.0 Å². The molecule has 1 aliphatic rings. The average molecular weight is 383 g/mol. The Morgan fingerprint density at radius 3 is 2.54 bits per heavy atom. The third-order valence-corrected chi connectivity index (χ3v) is 4.54. The molecule has 6 nitrogen and oxygen atoms in total. The van der Waals surface area contributed by atoms with E-state index in [0.29, 0.717) is 37.0 Å². The predicted molar refractivity (Wildman–Crippen MR) is 107 cm³/mol. The second kappa shape index (κ2) is 9.17. The van der Waals surface area contributed by atoms with Crippen molar-refractivity contribution < 1.29 is 23.7 Å². The van der Waals surface area contributed by atoms with Crippen LogP contribution in [0.1, 0.15) is 11.1 Å². The van der Waals surface area contributed by atoms with Gasteiger partial charge in [0.05, 0.1) is 14.2 Å². The first-order valence-corrected chi connectivity index (χ1v) is 9.14. The predicted octanol–water partition coefficient (Wildman–Crippen LogP) is 3.19. The van der Waals surface area contributed by atoms with Gasteiger partial charge in [-0.05, 0) is 47.9 Å². The zero-order valence-electron chi connectivity index (χ0n) is 16.4. The number of hydrogen-bond acceptors (Lipinski definition) is 5. The highest BCUT2D eigenvalue weighted by Crippen LogP contribution is 2.31. The lowest BCUT2D eigenvalue weighted by Gasteiger charge is -2.18. The van der Waals surface area contributed by atoms with E-state index in [9.17, 15) is 4.79 Å². The van der Waals surface area contributed by atoms with Crippen LogP contribution in [0.5, 0.6) is 23.0 Å². The van der Waals surface area contributed by atoms with Gasteiger partial charge in [0.1, 0.15) is 13.2 Å². The molecule has 0 atom stereocenters. The highest BCUT2D eigenvalue weighted by Gasteiger charge is 2.11. The fourth-order valence-corrected chi connectivity index (χ4v) is 2.90. The van der Waals surface area contributed by atoms with Crippen LogP contribution in [-0.2, 0) is 11.2 Å². The summed E-state index contributed by atoms with van der Waals surface area (Å²) in [6, 6.07) is 11.4. The number of methoxy groups -OCH3 is 2. The van der Waals surface area contributed by atoms with Crippen molar-refractivity contribution in [2.45, 2.75) is 6.42 Å². The molecule has 0 saturated carbocycles. The topological polar surface area (TPSA) is 57.2 Å². The summed E-state index contributed by atoms with van der Waals surface area (Å²) < 4.78 is 21.6. The number of hydrogen-bond donors (Lipinski definition) is 0. The maximum Gasteiger partial charge on any atom is 0.246 e. The molecule has 1 heterocycles. The molecule has 0 aromatic heterocycles. The Bertz CT molecular complexity index is 862. The van der Waals surface area contributed by atoms with E-state index in [-0.39, 0.29) is 5.91 Å². The molecule has 28 heavy (non-hydrogen) atoms. The Labute approximate surface area is 165 Å². The van der Waals surface area contributed by atoms with E-state index in [0.717, 1.165) is 23.3 Å². The van der Waals surface area contributed by atoms with E-state index in [4.69, 9.17) is 18.9 Å². The monoisotopic (exact) mass is 383 g/mol. The second-order valence-corrected chi connectivity index (χ2v) is 6.44. The van der Waals surface area contributed by atoms with Crippen LogP contribution in [0.2, 0.25) is 0 Å². The third-order valence-electron chi connectivity index (χ3n) is 4.54. The minimum atomic E-state index is -0.0598. The van der Waals surface area contributed by atoms with Crippen LogP contribution >= 0.6 is 0 Å². The molecular formula is C22H25NO5. The van der Waals surface area contributed by atoms with Gasteiger partial charge in [-0.1, -0.05) is 12.1 Å². The minimum absolute atomic E-state index is 0.0598. The smallest absolute Gasteiger partial charge is 0.246 e. The van der Waals surface area contributed by atoms with Crippen LogP contribution in [0, 0.1) is 0 Å². The molecule has 0 spiro atoms. The maximum absolute atomic E-state index is 12.4. The summed E-state index contributed by atoms with van der Waals surface area (Å²) in [5, 5.41) is 0. The Morgan fingerprint density at radius 1 is 1.04 bits per heavy atom. The number of fused-ring (bicyclic) bond motifs is 1. The van der Waals surface area contributed by atoms with Crippen LogP contribution in [0.4, 0.5) is 0 Å². The quantitative estimate of drug-likeness (QED) is 0.688. The van der Waals surface area contributed by atoms with Crippen molar-refractivity contribution in [3.05, 3.63) is 53.6 Å². The van der Waals surface area contributed by atoms with E-state index in [1.165, 1.54) is 0 Å². The standard InChI is InChI=1S/C22H25NO5/c1-23(11-10-17-4-7-18(25-2)20(14-17)26-3)22(24)9-6-16-5-8-19-21(15-16)28-13-12-27-19/h4-9,14-15H,10-13H2,1-3H3/b9-6+. The molecule has 1 aliphatic heterocycles. The Morgan fingerprint density at radius 2 is 1.79 bits per heavy atom. The van der Waals surface area contributed by atoms with E-state index in [1.54, 1.807) is 38.3 Å². The highest BCUT2D eigenvalue weighted by atomic mass is 16.6. The molecule has 6 heteroatoms. The Kier molecular flexibility index (Phi) is 6.42. The van der Waals surface area contributed by atoms with E-state index >= 15 is 0 Å². The number of carbonyl (C=O) groups is 1. The first-order chi connectivity index (χ1) is 13.6. The van der Waals surface area contributed by atoms with Gasteiger partial charge in [-0.2, -0.15) is 0 Å². The van der Waals surface area contributed by atoms with Gasteiger partial charge in [0, 0.05) is 19.7 Å². The summed E-state index contributed by atoms with van der Waals surface area (Å²) in [6.07, 6.45) is 4.08. The van der Waals surface area contributed by atoms with Crippen molar-refractivity contribution in [3.8, 4) is 23.0 Å². The molecule has 0 aliphatic carbocycles. The van der Waals surface area contributed by atoms with Gasteiger partial charge in [-0.25, -0.2) is 0 Å². The molecule has 148 valence electrons. The molecule has 0 saturated heterocycles. The van der Waals surface area contributed by atoms with Crippen molar-refractivity contribution in [2.75, 3.05) is 41.0 Å². The first-order valence-electron chi connectivity index (χ1n) is 9.14. The molecular weight excluding hydrogens is 358 g/mol. The van der Waals surface area contributed by atoms with Gasteiger partial charge in [-0.3, -0.25) is 4.79 Å². The van der Waals surface area contributed by atoms with Gasteiger partial charge in [-0.15, -0.1) is 0 Å². The SMILES string of the molecule is COc1ccc(CCN(C)C(=O)/C=C/c2ccc3c(c2)OCCO3)cc1OC. The number of rotatable bonds is 7. The molecule has 1 amide bonds. The Balaban J connectivity index is 1.56. The summed E-state index contributed by atoms with van der Waals surface area (Å²) in [6.45, 7) is 1.70. The number of amides is 1. The van der Waals surface area contributed by atoms with Crippen molar-refractivity contribution in [3.63, 3.8) is 0 Å². The summed E-state index contributed by atoms with van der Waals surface area (Å²) >= 11 is 0. The molecule has 2 aromatic carbocycles. The second-order valence-electron chi connectivity index (χ2n) is 6.44. The number of nitrogens with zero attached hydrogens (tertiary/aromatic N) is 1. The van der Waals surface area contributed by atoms with Crippen LogP contribution in [0.15, 0.2) is 42.5 Å².